The number of hydrogen-bond acceptors (Lipinski definition) is 3. The Morgan fingerprint density at radius 3 is 2.33 bits per heavy atom. The Morgan fingerprint density at radius 2 is 1.67 bits per heavy atom. The second kappa shape index (κ2) is 8.13. The molecule has 2 bridgehead atoms. The number of hydrogen-bond donors (Lipinski definition) is 2. The summed E-state index contributed by atoms with van der Waals surface area (Å²) in [5.74, 6) is 2.31. The zero-order valence-electron chi connectivity index (χ0n) is 15.9. The van der Waals surface area contributed by atoms with Gasteiger partial charge in [-0.1, -0.05) is 30.3 Å². The maximum Gasteiger partial charge on any atom is 0.220 e. The van der Waals surface area contributed by atoms with Gasteiger partial charge in [-0.05, 0) is 68.4 Å². The normalized spacial score (nSPS) is 25.0. The first-order valence-corrected chi connectivity index (χ1v) is 10.0. The van der Waals surface area contributed by atoms with Crippen LogP contribution in [-0.4, -0.2) is 18.0 Å². The lowest BCUT2D eigenvalue weighted by Gasteiger charge is -2.29. The van der Waals surface area contributed by atoms with Gasteiger partial charge in [0.1, 0.15) is 11.5 Å². The molecule has 27 heavy (non-hydrogen) atoms. The van der Waals surface area contributed by atoms with Crippen LogP contribution in [0, 0.1) is 5.92 Å². The number of rotatable bonds is 6. The molecule has 2 fully saturated rings. The van der Waals surface area contributed by atoms with Gasteiger partial charge in [0.2, 0.25) is 5.91 Å². The van der Waals surface area contributed by atoms with Crippen molar-refractivity contribution in [3.8, 4) is 11.5 Å². The van der Waals surface area contributed by atoms with Crippen molar-refractivity contribution in [2.24, 2.45) is 5.92 Å². The van der Waals surface area contributed by atoms with E-state index in [0.29, 0.717) is 24.4 Å². The molecule has 2 aliphatic rings. The maximum absolute atomic E-state index is 12.5. The number of amides is 1. The van der Waals surface area contributed by atoms with Crippen LogP contribution < -0.4 is 15.4 Å². The van der Waals surface area contributed by atoms with Crippen LogP contribution >= 0.6 is 0 Å². The predicted molar refractivity (Wildman–Crippen MR) is 107 cm³/mol. The minimum Gasteiger partial charge on any atom is -0.457 e. The number of carbonyl (C=O) groups is 1. The summed E-state index contributed by atoms with van der Waals surface area (Å²) >= 11 is 0. The Kier molecular flexibility index (Phi) is 5.44. The highest BCUT2D eigenvalue weighted by Gasteiger charge is 2.34. The summed E-state index contributed by atoms with van der Waals surface area (Å²) < 4.78 is 5.83. The van der Waals surface area contributed by atoms with Crippen LogP contribution in [0.5, 0.6) is 11.5 Å². The van der Waals surface area contributed by atoms with Crippen LogP contribution in [-0.2, 0) is 4.79 Å². The van der Waals surface area contributed by atoms with Crippen molar-refractivity contribution in [3.05, 3.63) is 60.2 Å². The van der Waals surface area contributed by atoms with E-state index in [0.717, 1.165) is 29.9 Å². The molecular weight excluding hydrogens is 336 g/mol. The van der Waals surface area contributed by atoms with Gasteiger partial charge in [-0.25, -0.2) is 0 Å². The van der Waals surface area contributed by atoms with E-state index in [1.54, 1.807) is 0 Å². The highest BCUT2D eigenvalue weighted by atomic mass is 16.5. The van der Waals surface area contributed by atoms with E-state index in [4.69, 9.17) is 4.74 Å². The minimum atomic E-state index is 0.00159. The topological polar surface area (TPSA) is 50.4 Å². The summed E-state index contributed by atoms with van der Waals surface area (Å²) in [7, 11) is 0. The Balaban J connectivity index is 1.28. The molecule has 3 unspecified atom stereocenters. The number of piperidine rings is 1. The first kappa shape index (κ1) is 18.1. The van der Waals surface area contributed by atoms with E-state index < -0.39 is 0 Å². The summed E-state index contributed by atoms with van der Waals surface area (Å²) in [6.45, 7) is 2.04. The minimum absolute atomic E-state index is 0.00159. The first-order chi connectivity index (χ1) is 13.2. The van der Waals surface area contributed by atoms with Gasteiger partial charge in [0.15, 0.2) is 0 Å². The zero-order chi connectivity index (χ0) is 18.6. The molecule has 4 rings (SSSR count). The summed E-state index contributed by atoms with van der Waals surface area (Å²) in [6, 6.07) is 19.0. The molecule has 4 nitrogen and oxygen atoms in total. The molecule has 2 N–H and O–H groups in total. The van der Waals surface area contributed by atoms with Crippen LogP contribution in [0.25, 0.3) is 0 Å². The molecule has 2 heterocycles. The van der Waals surface area contributed by atoms with Crippen molar-refractivity contribution in [3.63, 3.8) is 0 Å². The van der Waals surface area contributed by atoms with Gasteiger partial charge in [-0.2, -0.15) is 0 Å². The van der Waals surface area contributed by atoms with Crippen molar-refractivity contribution in [1.82, 2.24) is 10.6 Å². The van der Waals surface area contributed by atoms with Gasteiger partial charge in [0.05, 0.1) is 6.04 Å². The lowest BCUT2D eigenvalue weighted by atomic mass is 9.89. The van der Waals surface area contributed by atoms with Crippen LogP contribution in [0.2, 0.25) is 0 Å². The fourth-order valence-electron chi connectivity index (χ4n) is 4.44. The van der Waals surface area contributed by atoms with E-state index in [9.17, 15) is 4.79 Å². The molecule has 2 saturated heterocycles. The lowest BCUT2D eigenvalue weighted by molar-refractivity contribution is -0.122. The number of carbonyl (C=O) groups excluding carboxylic acids is 1. The summed E-state index contributed by atoms with van der Waals surface area (Å²) in [4.78, 5) is 12.5. The molecule has 2 aliphatic heterocycles. The van der Waals surface area contributed by atoms with E-state index in [1.165, 1.54) is 12.8 Å². The fourth-order valence-corrected chi connectivity index (χ4v) is 4.44. The molecule has 3 atom stereocenters. The van der Waals surface area contributed by atoms with Gasteiger partial charge in [0.25, 0.3) is 0 Å². The van der Waals surface area contributed by atoms with Gasteiger partial charge >= 0.3 is 0 Å². The van der Waals surface area contributed by atoms with Gasteiger partial charge < -0.3 is 15.4 Å². The Labute approximate surface area is 161 Å². The highest BCUT2D eigenvalue weighted by molar-refractivity contribution is 5.76. The van der Waals surface area contributed by atoms with Gasteiger partial charge in [-0.15, -0.1) is 0 Å². The molecule has 142 valence electrons. The third kappa shape index (κ3) is 4.69. The fraction of sp³-hybridized carbons (Fsp3) is 0.435. The molecule has 0 radical (unpaired) electrons. The molecule has 2 aromatic carbocycles. The second-order valence-corrected chi connectivity index (χ2v) is 7.95. The van der Waals surface area contributed by atoms with E-state index in [2.05, 4.69) is 10.6 Å². The third-order valence-corrected chi connectivity index (χ3v) is 5.78. The van der Waals surface area contributed by atoms with Crippen molar-refractivity contribution in [1.29, 1.82) is 0 Å². The third-order valence-electron chi connectivity index (χ3n) is 5.78. The molecule has 0 spiro atoms. The number of para-hydroxylation sites is 1. The monoisotopic (exact) mass is 364 g/mol. The smallest absolute Gasteiger partial charge is 0.220 e. The molecule has 0 aromatic heterocycles. The van der Waals surface area contributed by atoms with Crippen molar-refractivity contribution >= 4 is 5.91 Å². The Morgan fingerprint density at radius 1 is 1.04 bits per heavy atom. The Hall–Kier alpha value is -2.33. The second-order valence-electron chi connectivity index (χ2n) is 7.95. The number of nitrogens with one attached hydrogen (secondary N) is 2. The van der Waals surface area contributed by atoms with Crippen LogP contribution in [0.3, 0.4) is 0 Å². The number of fused-ring (bicyclic) bond motifs is 2. The quantitative estimate of drug-likeness (QED) is 0.789. The van der Waals surface area contributed by atoms with Gasteiger partial charge in [-0.3, -0.25) is 4.79 Å². The molecule has 2 aromatic rings. The summed E-state index contributed by atoms with van der Waals surface area (Å²) in [5, 5.41) is 6.80. The van der Waals surface area contributed by atoms with Crippen molar-refractivity contribution in [2.45, 2.75) is 57.2 Å². The zero-order valence-corrected chi connectivity index (χ0v) is 15.9. The van der Waals surface area contributed by atoms with Crippen LogP contribution in [0.1, 0.15) is 50.6 Å². The number of benzene rings is 2. The van der Waals surface area contributed by atoms with E-state index in [1.807, 2.05) is 61.5 Å². The van der Waals surface area contributed by atoms with Crippen molar-refractivity contribution < 1.29 is 9.53 Å². The summed E-state index contributed by atoms with van der Waals surface area (Å²) in [6.07, 6.45) is 5.48. The molecule has 1 amide bonds. The van der Waals surface area contributed by atoms with Crippen LogP contribution in [0.4, 0.5) is 0 Å². The van der Waals surface area contributed by atoms with Crippen LogP contribution in [0.15, 0.2) is 54.6 Å². The number of ether oxygens (including phenoxy) is 1. The average Bonchev–Trinajstić information content (AvgIpc) is 3.01. The molecule has 0 saturated carbocycles. The molecule has 4 heteroatoms. The van der Waals surface area contributed by atoms with Crippen molar-refractivity contribution in [2.75, 3.05) is 0 Å². The largest absolute Gasteiger partial charge is 0.457 e. The molecular formula is C23H28N2O2. The first-order valence-electron chi connectivity index (χ1n) is 10.0. The Bertz CT molecular complexity index is 748. The SMILES string of the molecule is CC(NC(=O)CC1CC2CCC(C1)N2)c1ccc(Oc2ccccc2)cc1. The summed E-state index contributed by atoms with van der Waals surface area (Å²) in [5.41, 5.74) is 1.09. The standard InChI is InChI=1S/C23H28N2O2/c1-16(24-23(26)15-17-13-19-9-10-20(14-17)25-19)18-7-11-22(12-8-18)27-21-5-3-2-4-6-21/h2-8,11-12,16-17,19-20,25H,9-10,13-15H2,1H3,(H,24,26). The van der Waals surface area contributed by atoms with E-state index in [-0.39, 0.29) is 11.9 Å². The van der Waals surface area contributed by atoms with E-state index >= 15 is 0 Å². The average molecular weight is 364 g/mol. The molecule has 0 aliphatic carbocycles. The van der Waals surface area contributed by atoms with Gasteiger partial charge in [0, 0.05) is 18.5 Å². The predicted octanol–water partition coefficient (Wildman–Crippen LogP) is 4.58. The maximum atomic E-state index is 12.5. The highest BCUT2D eigenvalue weighted by Crippen LogP contribution is 2.32. The lowest BCUT2D eigenvalue weighted by Crippen LogP contribution is -2.40.